The summed E-state index contributed by atoms with van der Waals surface area (Å²) in [6.45, 7) is 1.94. The molecule has 0 aliphatic rings. The summed E-state index contributed by atoms with van der Waals surface area (Å²) in [4.78, 5) is 25.5. The number of amides is 2. The molecule has 1 atom stereocenters. The van der Waals surface area contributed by atoms with Crippen molar-refractivity contribution in [3.63, 3.8) is 0 Å². The van der Waals surface area contributed by atoms with Crippen LogP contribution in [0.3, 0.4) is 0 Å². The monoisotopic (exact) mass is 432 g/mol. The van der Waals surface area contributed by atoms with Gasteiger partial charge in [0.15, 0.2) is 6.61 Å². The zero-order valence-corrected chi connectivity index (χ0v) is 17.5. The summed E-state index contributed by atoms with van der Waals surface area (Å²) >= 11 is 3.43. The molecular formula is C21H25BrN2O3. The second-order valence-electron chi connectivity index (χ2n) is 6.64. The van der Waals surface area contributed by atoms with Gasteiger partial charge in [0.2, 0.25) is 0 Å². The van der Waals surface area contributed by atoms with Crippen molar-refractivity contribution in [2.45, 2.75) is 25.8 Å². The number of hydrogen-bond donors (Lipinski definition) is 1. The summed E-state index contributed by atoms with van der Waals surface area (Å²) in [6, 6.07) is 15.1. The van der Waals surface area contributed by atoms with Crippen molar-refractivity contribution < 1.29 is 14.3 Å². The molecule has 6 heteroatoms. The number of aryl methyl sites for hydroxylation is 1. The summed E-state index contributed by atoms with van der Waals surface area (Å²) in [5, 5.41) is 3.01. The number of ether oxygens (including phenoxy) is 1. The number of benzene rings is 2. The van der Waals surface area contributed by atoms with Crippen LogP contribution in [0.25, 0.3) is 0 Å². The molecule has 2 rings (SSSR count). The van der Waals surface area contributed by atoms with Crippen LogP contribution in [-0.4, -0.2) is 43.5 Å². The fourth-order valence-corrected chi connectivity index (χ4v) is 2.68. The molecule has 0 saturated heterocycles. The van der Waals surface area contributed by atoms with Gasteiger partial charge in [-0.25, -0.2) is 0 Å². The van der Waals surface area contributed by atoms with E-state index in [2.05, 4.69) is 33.4 Å². The molecule has 0 bridgehead atoms. The van der Waals surface area contributed by atoms with Crippen LogP contribution in [0.1, 0.15) is 29.3 Å². The first-order valence-corrected chi connectivity index (χ1v) is 9.63. The van der Waals surface area contributed by atoms with E-state index in [1.165, 1.54) is 10.5 Å². The standard InChI is InChI=1S/C21H25BrN2O3/c1-15(7-8-16-9-11-18(22)12-10-16)23-21(26)17-5-4-6-19(13-17)27-14-20(25)24(2)3/h4-6,9-13,15H,7-8,14H2,1-3H3,(H,23,26). The lowest BCUT2D eigenvalue weighted by Gasteiger charge is -2.15. The van der Waals surface area contributed by atoms with Gasteiger partial charge in [-0.3, -0.25) is 9.59 Å². The smallest absolute Gasteiger partial charge is 0.259 e. The van der Waals surface area contributed by atoms with E-state index in [-0.39, 0.29) is 24.5 Å². The third-order valence-corrected chi connectivity index (χ3v) is 4.64. The van der Waals surface area contributed by atoms with E-state index in [0.29, 0.717) is 11.3 Å². The summed E-state index contributed by atoms with van der Waals surface area (Å²) in [6.07, 6.45) is 1.74. The molecule has 0 heterocycles. The number of rotatable bonds is 8. The van der Waals surface area contributed by atoms with Gasteiger partial charge in [0.25, 0.3) is 11.8 Å². The Labute approximate surface area is 168 Å². The zero-order valence-electron chi connectivity index (χ0n) is 15.9. The number of carbonyl (C=O) groups is 2. The molecule has 2 aromatic carbocycles. The first kappa shape index (κ1) is 21.0. The molecule has 2 aromatic rings. The van der Waals surface area contributed by atoms with E-state index in [9.17, 15) is 9.59 Å². The highest BCUT2D eigenvalue weighted by Crippen LogP contribution is 2.15. The van der Waals surface area contributed by atoms with Gasteiger partial charge in [-0.15, -0.1) is 0 Å². The molecule has 27 heavy (non-hydrogen) atoms. The summed E-state index contributed by atoms with van der Waals surface area (Å²) in [5.74, 6) is 0.217. The maximum atomic E-state index is 12.5. The maximum absolute atomic E-state index is 12.5. The molecule has 2 amide bonds. The second kappa shape index (κ2) is 10.1. The minimum absolute atomic E-state index is 0.0426. The number of nitrogens with zero attached hydrogens (tertiary/aromatic N) is 1. The number of likely N-dealkylation sites (N-methyl/N-ethyl adjacent to an activating group) is 1. The Bertz CT molecular complexity index is 775. The summed E-state index contributed by atoms with van der Waals surface area (Å²) in [7, 11) is 3.34. The predicted molar refractivity (Wildman–Crippen MR) is 110 cm³/mol. The lowest BCUT2D eigenvalue weighted by molar-refractivity contribution is -0.130. The Hall–Kier alpha value is -2.34. The number of hydrogen-bond acceptors (Lipinski definition) is 3. The third-order valence-electron chi connectivity index (χ3n) is 4.11. The van der Waals surface area contributed by atoms with Crippen LogP contribution in [0.15, 0.2) is 53.0 Å². The van der Waals surface area contributed by atoms with Gasteiger partial charge in [-0.05, 0) is 55.7 Å². The molecule has 5 nitrogen and oxygen atoms in total. The second-order valence-corrected chi connectivity index (χ2v) is 7.56. The first-order chi connectivity index (χ1) is 12.8. The maximum Gasteiger partial charge on any atom is 0.259 e. The van der Waals surface area contributed by atoms with Gasteiger partial charge in [-0.2, -0.15) is 0 Å². The molecule has 0 spiro atoms. The SMILES string of the molecule is CC(CCc1ccc(Br)cc1)NC(=O)c1cccc(OCC(=O)N(C)C)c1. The van der Waals surface area contributed by atoms with Crippen molar-refractivity contribution in [2.24, 2.45) is 0 Å². The molecule has 0 aliphatic heterocycles. The Balaban J connectivity index is 1.86. The third kappa shape index (κ3) is 7.06. The molecule has 0 aliphatic carbocycles. The minimum Gasteiger partial charge on any atom is -0.484 e. The number of nitrogens with one attached hydrogen (secondary N) is 1. The molecule has 0 saturated carbocycles. The molecular weight excluding hydrogens is 408 g/mol. The van der Waals surface area contributed by atoms with Crippen molar-refractivity contribution in [1.82, 2.24) is 10.2 Å². The van der Waals surface area contributed by atoms with Crippen molar-refractivity contribution in [1.29, 1.82) is 0 Å². The molecule has 0 aromatic heterocycles. The molecule has 1 unspecified atom stereocenters. The van der Waals surface area contributed by atoms with Crippen LogP contribution in [0, 0.1) is 0 Å². The molecule has 0 fully saturated rings. The van der Waals surface area contributed by atoms with E-state index in [4.69, 9.17) is 4.74 Å². The zero-order chi connectivity index (χ0) is 19.8. The van der Waals surface area contributed by atoms with Crippen LogP contribution in [-0.2, 0) is 11.2 Å². The average Bonchev–Trinajstić information content (AvgIpc) is 2.65. The Morgan fingerprint density at radius 1 is 1.15 bits per heavy atom. The van der Waals surface area contributed by atoms with Gasteiger partial charge in [0.1, 0.15) is 5.75 Å². The highest BCUT2D eigenvalue weighted by molar-refractivity contribution is 9.10. The van der Waals surface area contributed by atoms with E-state index in [0.717, 1.165) is 17.3 Å². The van der Waals surface area contributed by atoms with E-state index >= 15 is 0 Å². The molecule has 1 N–H and O–H groups in total. The van der Waals surface area contributed by atoms with Crippen molar-refractivity contribution in [2.75, 3.05) is 20.7 Å². The number of carbonyl (C=O) groups excluding carboxylic acids is 2. The van der Waals surface area contributed by atoms with Gasteiger partial charge < -0.3 is 15.0 Å². The summed E-state index contributed by atoms with van der Waals surface area (Å²) in [5.41, 5.74) is 1.75. The summed E-state index contributed by atoms with van der Waals surface area (Å²) < 4.78 is 6.52. The Morgan fingerprint density at radius 3 is 2.52 bits per heavy atom. The van der Waals surface area contributed by atoms with Crippen molar-refractivity contribution in [3.05, 3.63) is 64.1 Å². The van der Waals surface area contributed by atoms with Crippen LogP contribution in [0.2, 0.25) is 0 Å². The topological polar surface area (TPSA) is 58.6 Å². The first-order valence-electron chi connectivity index (χ1n) is 8.83. The van der Waals surface area contributed by atoms with Crippen molar-refractivity contribution in [3.8, 4) is 5.75 Å². The lowest BCUT2D eigenvalue weighted by atomic mass is 10.1. The fraction of sp³-hybridized carbons (Fsp3) is 0.333. The van der Waals surface area contributed by atoms with Crippen LogP contribution in [0.5, 0.6) is 5.75 Å². The van der Waals surface area contributed by atoms with Gasteiger partial charge in [0, 0.05) is 30.2 Å². The predicted octanol–water partition coefficient (Wildman–Crippen LogP) is 3.67. The van der Waals surface area contributed by atoms with Crippen molar-refractivity contribution >= 4 is 27.7 Å². The van der Waals surface area contributed by atoms with Gasteiger partial charge in [0.05, 0.1) is 0 Å². The van der Waals surface area contributed by atoms with Crippen LogP contribution in [0.4, 0.5) is 0 Å². The number of halogens is 1. The Morgan fingerprint density at radius 2 is 1.85 bits per heavy atom. The van der Waals surface area contributed by atoms with Crippen LogP contribution >= 0.6 is 15.9 Å². The Kier molecular flexibility index (Phi) is 7.85. The highest BCUT2D eigenvalue weighted by Gasteiger charge is 2.12. The van der Waals surface area contributed by atoms with Gasteiger partial charge in [-0.1, -0.05) is 34.1 Å². The fourth-order valence-electron chi connectivity index (χ4n) is 2.41. The minimum atomic E-state index is -0.150. The normalized spacial score (nSPS) is 11.6. The largest absolute Gasteiger partial charge is 0.484 e. The van der Waals surface area contributed by atoms with E-state index < -0.39 is 0 Å². The molecule has 144 valence electrons. The lowest BCUT2D eigenvalue weighted by Crippen LogP contribution is -2.33. The highest BCUT2D eigenvalue weighted by atomic mass is 79.9. The van der Waals surface area contributed by atoms with E-state index in [1.807, 2.05) is 19.1 Å². The van der Waals surface area contributed by atoms with Crippen LogP contribution < -0.4 is 10.1 Å². The molecule has 0 radical (unpaired) electrons. The average molecular weight is 433 g/mol. The van der Waals surface area contributed by atoms with Gasteiger partial charge >= 0.3 is 0 Å². The van der Waals surface area contributed by atoms with E-state index in [1.54, 1.807) is 38.4 Å². The quantitative estimate of drug-likeness (QED) is 0.691.